The molecule has 0 saturated heterocycles. The van der Waals surface area contributed by atoms with Gasteiger partial charge in [0.05, 0.1) is 37.4 Å². The number of rotatable bonds is 28. The SMILES string of the molecule is C=CC(=O)OCCCCCCCCCOc1ccc(C(=O)Oc2ccc(OC(=O)C3CCC(OCCCCCCCCCOC(=O)C=C)CC3)cc2)cc1. The van der Waals surface area contributed by atoms with E-state index in [-0.39, 0.29) is 29.9 Å². The number of hydrogen-bond acceptors (Lipinski definition) is 10. The number of carbonyl (C=O) groups is 4. The highest BCUT2D eigenvalue weighted by Crippen LogP contribution is 2.29. The predicted molar refractivity (Wildman–Crippen MR) is 208 cm³/mol. The molecule has 0 aliphatic heterocycles. The van der Waals surface area contributed by atoms with Gasteiger partial charge in [-0.15, -0.1) is 0 Å². The molecule has 10 heteroatoms. The Kier molecular flexibility index (Phi) is 22.1. The molecule has 0 radical (unpaired) electrons. The topological polar surface area (TPSA) is 124 Å². The summed E-state index contributed by atoms with van der Waals surface area (Å²) in [4.78, 5) is 47.5. The minimum Gasteiger partial charge on any atom is -0.494 e. The number of esters is 4. The van der Waals surface area contributed by atoms with Crippen molar-refractivity contribution in [2.24, 2.45) is 5.92 Å². The van der Waals surface area contributed by atoms with Crippen molar-refractivity contribution in [3.05, 3.63) is 79.4 Å². The van der Waals surface area contributed by atoms with Crippen molar-refractivity contribution >= 4 is 23.9 Å². The first-order valence-electron chi connectivity index (χ1n) is 19.8. The summed E-state index contributed by atoms with van der Waals surface area (Å²) in [6, 6.07) is 13.4. The number of benzene rings is 2. The highest BCUT2D eigenvalue weighted by Gasteiger charge is 2.28. The van der Waals surface area contributed by atoms with Gasteiger partial charge < -0.3 is 28.4 Å². The maximum Gasteiger partial charge on any atom is 0.343 e. The summed E-state index contributed by atoms with van der Waals surface area (Å²) in [6.07, 6.45) is 20.7. The van der Waals surface area contributed by atoms with Crippen molar-refractivity contribution < 1.29 is 47.6 Å². The van der Waals surface area contributed by atoms with Gasteiger partial charge in [-0.3, -0.25) is 4.79 Å². The molecule has 0 amide bonds. The fourth-order valence-corrected chi connectivity index (χ4v) is 6.17. The van der Waals surface area contributed by atoms with Crippen LogP contribution in [0.15, 0.2) is 73.8 Å². The maximum atomic E-state index is 12.8. The zero-order valence-electron chi connectivity index (χ0n) is 32.0. The first-order valence-corrected chi connectivity index (χ1v) is 19.8. The van der Waals surface area contributed by atoms with Gasteiger partial charge in [0.15, 0.2) is 0 Å². The van der Waals surface area contributed by atoms with Crippen molar-refractivity contribution in [1.82, 2.24) is 0 Å². The summed E-state index contributed by atoms with van der Waals surface area (Å²) in [7, 11) is 0. The molecule has 0 atom stereocenters. The smallest absolute Gasteiger partial charge is 0.343 e. The molecule has 10 nitrogen and oxygen atoms in total. The van der Waals surface area contributed by atoms with E-state index in [1.54, 1.807) is 48.5 Å². The van der Waals surface area contributed by atoms with E-state index in [4.69, 9.17) is 28.4 Å². The van der Waals surface area contributed by atoms with Crippen molar-refractivity contribution in [3.63, 3.8) is 0 Å². The van der Waals surface area contributed by atoms with Gasteiger partial charge in [0.25, 0.3) is 0 Å². The van der Waals surface area contributed by atoms with E-state index in [1.165, 1.54) is 25.0 Å². The van der Waals surface area contributed by atoms with Crippen LogP contribution in [0.5, 0.6) is 17.2 Å². The lowest BCUT2D eigenvalue weighted by Crippen LogP contribution is -2.29. The first kappa shape index (κ1) is 44.0. The fraction of sp³-hybridized carbons (Fsp3) is 0.545. The number of ether oxygens (including phenoxy) is 6. The maximum absolute atomic E-state index is 12.8. The van der Waals surface area contributed by atoms with E-state index in [0.717, 1.165) is 109 Å². The van der Waals surface area contributed by atoms with E-state index in [0.29, 0.717) is 42.6 Å². The molecule has 0 aromatic heterocycles. The summed E-state index contributed by atoms with van der Waals surface area (Å²) in [5.41, 5.74) is 0.408. The molecule has 0 unspecified atom stereocenters. The molecule has 0 heterocycles. The molecular weight excluding hydrogens is 688 g/mol. The fourth-order valence-electron chi connectivity index (χ4n) is 6.17. The van der Waals surface area contributed by atoms with Crippen LogP contribution in [0, 0.1) is 5.92 Å². The van der Waals surface area contributed by atoms with Gasteiger partial charge in [-0.25, -0.2) is 14.4 Å². The first-order chi connectivity index (χ1) is 26.4. The molecule has 2 aromatic carbocycles. The Labute approximate surface area is 321 Å². The zero-order chi connectivity index (χ0) is 38.6. The van der Waals surface area contributed by atoms with E-state index in [1.807, 2.05) is 0 Å². The van der Waals surface area contributed by atoms with E-state index in [9.17, 15) is 19.2 Å². The molecule has 1 aliphatic carbocycles. The number of hydrogen-bond donors (Lipinski definition) is 0. The van der Waals surface area contributed by atoms with E-state index >= 15 is 0 Å². The summed E-state index contributed by atoms with van der Waals surface area (Å²) in [5.74, 6) is -0.125. The van der Waals surface area contributed by atoms with Crippen molar-refractivity contribution in [1.29, 1.82) is 0 Å². The minimum atomic E-state index is -0.485. The monoisotopic (exact) mass is 748 g/mol. The lowest BCUT2D eigenvalue weighted by molar-refractivity contribution is -0.141. The zero-order valence-corrected chi connectivity index (χ0v) is 32.0. The normalized spacial score (nSPS) is 15.1. The largest absolute Gasteiger partial charge is 0.494 e. The second-order valence-electron chi connectivity index (χ2n) is 13.7. The van der Waals surface area contributed by atoms with Crippen LogP contribution in [0.4, 0.5) is 0 Å². The van der Waals surface area contributed by atoms with Crippen LogP contribution in [-0.4, -0.2) is 56.4 Å². The van der Waals surface area contributed by atoms with Crippen molar-refractivity contribution in [2.45, 2.75) is 122 Å². The molecule has 1 saturated carbocycles. The van der Waals surface area contributed by atoms with E-state index < -0.39 is 5.97 Å². The molecular formula is C44H60O10. The molecule has 0 N–H and O–H groups in total. The highest BCUT2D eigenvalue weighted by atomic mass is 16.5. The third kappa shape index (κ3) is 19.1. The Morgan fingerprint density at radius 2 is 0.944 bits per heavy atom. The average molecular weight is 749 g/mol. The summed E-state index contributed by atoms with van der Waals surface area (Å²) in [5, 5.41) is 0. The Morgan fingerprint density at radius 3 is 1.44 bits per heavy atom. The molecule has 0 bridgehead atoms. The van der Waals surface area contributed by atoms with Gasteiger partial charge in [-0.2, -0.15) is 0 Å². The summed E-state index contributed by atoms with van der Waals surface area (Å²) < 4.78 is 33.0. The second kappa shape index (κ2) is 27.2. The standard InChI is InChI=1S/C44H60O10/c1-3-41(45)51-33-17-13-9-5-7-11-15-31-49-37-23-19-35(20-24-37)43(47)53-39-27-29-40(30-28-39)54-44(48)36-21-25-38(26-22-36)50-32-16-12-8-6-10-14-18-34-52-42(46)4-2/h3-4,19-20,23-24,27-30,36,38H,1-2,5-18,21-22,25-26,31-34H2. The van der Waals surface area contributed by atoms with Gasteiger partial charge >= 0.3 is 23.9 Å². The number of carbonyl (C=O) groups excluding carboxylic acids is 4. The van der Waals surface area contributed by atoms with Crippen LogP contribution in [0.2, 0.25) is 0 Å². The van der Waals surface area contributed by atoms with Gasteiger partial charge in [0.1, 0.15) is 17.2 Å². The Morgan fingerprint density at radius 1 is 0.519 bits per heavy atom. The molecule has 3 rings (SSSR count). The van der Waals surface area contributed by atoms with Crippen LogP contribution < -0.4 is 14.2 Å². The van der Waals surface area contributed by atoms with Gasteiger partial charge in [-0.05, 0) is 99.9 Å². The van der Waals surface area contributed by atoms with Crippen molar-refractivity contribution in [2.75, 3.05) is 26.4 Å². The molecule has 0 spiro atoms. The third-order valence-corrected chi connectivity index (χ3v) is 9.37. The molecule has 2 aromatic rings. The molecule has 1 aliphatic rings. The predicted octanol–water partition coefficient (Wildman–Crippen LogP) is 9.69. The van der Waals surface area contributed by atoms with Crippen LogP contribution in [-0.2, 0) is 28.6 Å². The lowest BCUT2D eigenvalue weighted by Gasteiger charge is -2.27. The molecule has 54 heavy (non-hydrogen) atoms. The van der Waals surface area contributed by atoms with Crippen LogP contribution in [0.1, 0.15) is 126 Å². The third-order valence-electron chi connectivity index (χ3n) is 9.37. The second-order valence-corrected chi connectivity index (χ2v) is 13.7. The van der Waals surface area contributed by atoms with Gasteiger partial charge in [-0.1, -0.05) is 77.4 Å². The highest BCUT2D eigenvalue weighted by molar-refractivity contribution is 5.91. The number of unbranched alkanes of at least 4 members (excludes halogenated alkanes) is 12. The Bertz CT molecular complexity index is 1390. The summed E-state index contributed by atoms with van der Waals surface area (Å²) in [6.45, 7) is 9.04. The Hall–Kier alpha value is -4.44. The lowest BCUT2D eigenvalue weighted by atomic mass is 9.87. The van der Waals surface area contributed by atoms with Crippen LogP contribution in [0.25, 0.3) is 0 Å². The van der Waals surface area contributed by atoms with Crippen LogP contribution in [0.3, 0.4) is 0 Å². The van der Waals surface area contributed by atoms with E-state index in [2.05, 4.69) is 13.2 Å². The minimum absolute atomic E-state index is 0.154. The van der Waals surface area contributed by atoms with Crippen LogP contribution >= 0.6 is 0 Å². The average Bonchev–Trinajstić information content (AvgIpc) is 3.19. The summed E-state index contributed by atoms with van der Waals surface area (Å²) >= 11 is 0. The molecule has 1 fully saturated rings. The van der Waals surface area contributed by atoms with Gasteiger partial charge in [0.2, 0.25) is 0 Å². The Balaban J connectivity index is 1.20. The van der Waals surface area contributed by atoms with Crippen molar-refractivity contribution in [3.8, 4) is 17.2 Å². The van der Waals surface area contributed by atoms with Gasteiger partial charge in [0, 0.05) is 18.8 Å². The molecule has 296 valence electrons. The quantitative estimate of drug-likeness (QED) is 0.0360.